The van der Waals surface area contributed by atoms with E-state index in [2.05, 4.69) is 0 Å². The van der Waals surface area contributed by atoms with Crippen LogP contribution in [0.3, 0.4) is 0 Å². The Balaban J connectivity index is 1.54. The van der Waals surface area contributed by atoms with Crippen LogP contribution in [-0.2, 0) is 21.7 Å². The lowest BCUT2D eigenvalue weighted by molar-refractivity contribution is 0.00728. The fourth-order valence-corrected chi connectivity index (χ4v) is 3.40. The molecule has 0 N–H and O–H groups in total. The third-order valence-corrected chi connectivity index (χ3v) is 4.96. The average molecular weight is 372 g/mol. The molecule has 0 spiro atoms. The topological polar surface area (TPSA) is 21.8 Å². The third kappa shape index (κ3) is 3.99. The molecule has 134 valence electrons. The zero-order valence-corrected chi connectivity index (χ0v) is 14.0. The van der Waals surface area contributed by atoms with Gasteiger partial charge in [-0.25, -0.2) is 8.78 Å². The standard InChI is InChI=1S/C18H16F4O2S/c19-14-6-7-15(16(20)10-14)17(12-24-17)18(21,22)25-9-8-23-11-13-4-2-1-3-5-13/h1-7,10H,8-9,11-12H2. The second kappa shape index (κ2) is 7.35. The summed E-state index contributed by atoms with van der Waals surface area (Å²) in [6.45, 7) is 0.152. The molecule has 0 aliphatic carbocycles. The van der Waals surface area contributed by atoms with Gasteiger partial charge in [0.15, 0.2) is 5.60 Å². The summed E-state index contributed by atoms with van der Waals surface area (Å²) in [7, 11) is 0. The molecular formula is C18H16F4O2S. The molecule has 1 aliphatic rings. The Hall–Kier alpha value is -1.57. The van der Waals surface area contributed by atoms with Gasteiger partial charge in [0.25, 0.3) is 0 Å². The van der Waals surface area contributed by atoms with Crippen molar-refractivity contribution in [1.82, 2.24) is 0 Å². The van der Waals surface area contributed by atoms with E-state index in [1.54, 1.807) is 0 Å². The Labute approximate surface area is 147 Å². The Bertz CT molecular complexity index is 720. The molecular weight excluding hydrogens is 356 g/mol. The summed E-state index contributed by atoms with van der Waals surface area (Å²) in [6.07, 6.45) is 0. The molecule has 2 nitrogen and oxygen atoms in total. The highest BCUT2D eigenvalue weighted by molar-refractivity contribution is 8.00. The van der Waals surface area contributed by atoms with Gasteiger partial charge in [0.1, 0.15) is 11.6 Å². The van der Waals surface area contributed by atoms with Crippen LogP contribution in [0.4, 0.5) is 17.6 Å². The van der Waals surface area contributed by atoms with E-state index in [0.29, 0.717) is 24.4 Å². The quantitative estimate of drug-likeness (QED) is 0.380. The molecule has 0 aromatic heterocycles. The van der Waals surface area contributed by atoms with E-state index < -0.39 is 22.5 Å². The van der Waals surface area contributed by atoms with Gasteiger partial charge in [-0.15, -0.1) is 0 Å². The number of epoxide rings is 1. The molecule has 1 atom stereocenters. The largest absolute Gasteiger partial charge is 0.376 e. The van der Waals surface area contributed by atoms with Crippen LogP contribution in [0, 0.1) is 11.6 Å². The van der Waals surface area contributed by atoms with Crippen molar-refractivity contribution >= 4 is 11.8 Å². The minimum absolute atomic E-state index is 0.0216. The zero-order chi connectivity index (χ0) is 17.9. The normalized spacial score (nSPS) is 19.8. The van der Waals surface area contributed by atoms with Crippen molar-refractivity contribution in [1.29, 1.82) is 0 Å². The van der Waals surface area contributed by atoms with Gasteiger partial charge in [0, 0.05) is 17.4 Å². The second-order valence-electron chi connectivity index (χ2n) is 5.64. The molecule has 0 amide bonds. The maximum atomic E-state index is 14.5. The summed E-state index contributed by atoms with van der Waals surface area (Å²) in [6, 6.07) is 11.9. The van der Waals surface area contributed by atoms with Crippen LogP contribution in [0.15, 0.2) is 48.5 Å². The number of alkyl halides is 2. The SMILES string of the molecule is Fc1ccc(C2(C(F)(F)SCCOCc3ccccc3)CO2)c(F)c1. The van der Waals surface area contributed by atoms with Gasteiger partial charge in [-0.3, -0.25) is 0 Å². The number of benzene rings is 2. The fraction of sp³-hybridized carbons (Fsp3) is 0.333. The number of rotatable bonds is 8. The van der Waals surface area contributed by atoms with Gasteiger partial charge in [0.05, 0.1) is 19.8 Å². The predicted octanol–water partition coefficient (Wildman–Crippen LogP) is 4.73. The number of thioether (sulfide) groups is 1. The van der Waals surface area contributed by atoms with Crippen LogP contribution in [0.2, 0.25) is 0 Å². The molecule has 2 aromatic carbocycles. The highest BCUT2D eigenvalue weighted by Crippen LogP contribution is 2.56. The summed E-state index contributed by atoms with van der Waals surface area (Å²) >= 11 is 0.347. The average Bonchev–Trinajstić information content (AvgIpc) is 3.37. The Morgan fingerprint density at radius 1 is 1.12 bits per heavy atom. The third-order valence-electron chi connectivity index (χ3n) is 3.89. The zero-order valence-electron chi connectivity index (χ0n) is 13.2. The number of hydrogen-bond acceptors (Lipinski definition) is 3. The first kappa shape index (κ1) is 18.2. The van der Waals surface area contributed by atoms with E-state index in [1.807, 2.05) is 30.3 Å². The molecule has 0 bridgehead atoms. The van der Waals surface area contributed by atoms with Crippen molar-refractivity contribution in [3.05, 3.63) is 71.3 Å². The van der Waals surface area contributed by atoms with Gasteiger partial charge in [-0.1, -0.05) is 42.1 Å². The Kier molecular flexibility index (Phi) is 5.36. The lowest BCUT2D eigenvalue weighted by atomic mass is 9.99. The van der Waals surface area contributed by atoms with Gasteiger partial charge in [-0.05, 0) is 17.7 Å². The lowest BCUT2D eigenvalue weighted by Gasteiger charge is -2.24. The number of hydrogen-bond donors (Lipinski definition) is 0. The number of ether oxygens (including phenoxy) is 2. The van der Waals surface area contributed by atoms with E-state index in [0.717, 1.165) is 17.7 Å². The van der Waals surface area contributed by atoms with Crippen LogP contribution in [0.1, 0.15) is 11.1 Å². The number of halogens is 4. The van der Waals surface area contributed by atoms with E-state index >= 15 is 0 Å². The van der Waals surface area contributed by atoms with Crippen LogP contribution >= 0.6 is 11.8 Å². The molecule has 0 saturated carbocycles. The maximum Gasteiger partial charge on any atom is 0.328 e. The summed E-state index contributed by atoms with van der Waals surface area (Å²) in [5.41, 5.74) is -1.40. The molecule has 0 radical (unpaired) electrons. The lowest BCUT2D eigenvalue weighted by Crippen LogP contribution is -2.33. The maximum absolute atomic E-state index is 14.5. The summed E-state index contributed by atoms with van der Waals surface area (Å²) in [5, 5.41) is -3.35. The Morgan fingerprint density at radius 3 is 2.48 bits per heavy atom. The van der Waals surface area contributed by atoms with Crippen LogP contribution < -0.4 is 0 Å². The van der Waals surface area contributed by atoms with Crippen molar-refractivity contribution in [3.63, 3.8) is 0 Å². The van der Waals surface area contributed by atoms with Crippen LogP contribution in [-0.4, -0.2) is 24.2 Å². The van der Waals surface area contributed by atoms with Crippen molar-refractivity contribution < 1.29 is 27.0 Å². The first-order valence-corrected chi connectivity index (χ1v) is 8.66. The molecule has 1 saturated heterocycles. The van der Waals surface area contributed by atoms with Gasteiger partial charge >= 0.3 is 5.25 Å². The monoisotopic (exact) mass is 372 g/mol. The first-order chi connectivity index (χ1) is 11.9. The summed E-state index contributed by atoms with van der Waals surface area (Å²) in [4.78, 5) is 0. The van der Waals surface area contributed by atoms with Crippen LogP contribution in [0.25, 0.3) is 0 Å². The molecule has 3 rings (SSSR count). The van der Waals surface area contributed by atoms with Crippen molar-refractivity contribution in [2.24, 2.45) is 0 Å². The summed E-state index contributed by atoms with van der Waals surface area (Å²) < 4.78 is 66.1. The van der Waals surface area contributed by atoms with Gasteiger partial charge in [-0.2, -0.15) is 8.78 Å². The van der Waals surface area contributed by atoms with E-state index in [4.69, 9.17) is 9.47 Å². The Morgan fingerprint density at radius 2 is 1.84 bits per heavy atom. The molecule has 7 heteroatoms. The molecule has 1 fully saturated rings. The first-order valence-electron chi connectivity index (χ1n) is 7.67. The highest BCUT2D eigenvalue weighted by atomic mass is 32.2. The second-order valence-corrected chi connectivity index (χ2v) is 6.85. The smallest absolute Gasteiger partial charge is 0.328 e. The summed E-state index contributed by atoms with van der Waals surface area (Å²) in [5.74, 6) is -1.83. The van der Waals surface area contributed by atoms with Crippen molar-refractivity contribution in [2.45, 2.75) is 17.5 Å². The van der Waals surface area contributed by atoms with Gasteiger partial charge < -0.3 is 9.47 Å². The molecule has 25 heavy (non-hydrogen) atoms. The molecule has 1 aliphatic heterocycles. The van der Waals surface area contributed by atoms with Crippen molar-refractivity contribution in [3.8, 4) is 0 Å². The predicted molar refractivity (Wildman–Crippen MR) is 87.5 cm³/mol. The van der Waals surface area contributed by atoms with E-state index in [-0.39, 0.29) is 24.5 Å². The molecule has 1 heterocycles. The molecule has 2 aromatic rings. The van der Waals surface area contributed by atoms with Crippen molar-refractivity contribution in [2.75, 3.05) is 19.0 Å². The highest BCUT2D eigenvalue weighted by Gasteiger charge is 2.66. The van der Waals surface area contributed by atoms with E-state index in [9.17, 15) is 17.6 Å². The molecule has 1 unspecified atom stereocenters. The minimum Gasteiger partial charge on any atom is -0.376 e. The minimum atomic E-state index is -3.35. The van der Waals surface area contributed by atoms with E-state index in [1.165, 1.54) is 0 Å². The van der Waals surface area contributed by atoms with Crippen LogP contribution in [0.5, 0.6) is 0 Å². The van der Waals surface area contributed by atoms with Gasteiger partial charge in [0.2, 0.25) is 0 Å². The fourth-order valence-electron chi connectivity index (χ4n) is 2.48.